The van der Waals surface area contributed by atoms with Gasteiger partial charge < -0.3 is 4.74 Å². The quantitative estimate of drug-likeness (QED) is 0.531. The maximum atomic E-state index is 5.13. The van der Waals surface area contributed by atoms with Crippen LogP contribution in [-0.4, -0.2) is 13.7 Å². The Morgan fingerprint density at radius 2 is 2.36 bits per heavy atom. The van der Waals surface area contributed by atoms with Gasteiger partial charge in [-0.05, 0) is 23.8 Å². The van der Waals surface area contributed by atoms with Crippen LogP contribution in [0.3, 0.4) is 0 Å². The molecule has 3 nitrogen and oxygen atoms in total. The highest BCUT2D eigenvalue weighted by Crippen LogP contribution is 2.24. The van der Waals surface area contributed by atoms with Crippen molar-refractivity contribution >= 4 is 0 Å². The molecule has 0 saturated heterocycles. The Hall–Kier alpha value is -1.32. The van der Waals surface area contributed by atoms with Crippen molar-refractivity contribution in [3.05, 3.63) is 42.0 Å². The molecular weight excluding hydrogens is 180 g/mol. The average Bonchev–Trinajstić information content (AvgIpc) is 2.30. The van der Waals surface area contributed by atoms with Crippen LogP contribution in [0.1, 0.15) is 11.7 Å². The molecule has 14 heavy (non-hydrogen) atoms. The Labute approximate surface area is 82.8 Å². The van der Waals surface area contributed by atoms with E-state index in [2.05, 4.69) is 0 Å². The van der Waals surface area contributed by atoms with E-state index in [1.54, 1.807) is 7.11 Å². The molecule has 3 heteroatoms. The van der Waals surface area contributed by atoms with Crippen molar-refractivity contribution in [1.29, 1.82) is 0 Å². The SMILES string of the molecule is COc1cccc([C@@H]2C=CCOO2)c1. The summed E-state index contributed by atoms with van der Waals surface area (Å²) in [5, 5.41) is 0. The second-order valence-corrected chi connectivity index (χ2v) is 3.01. The molecule has 1 aliphatic heterocycles. The number of hydrogen-bond donors (Lipinski definition) is 0. The Bertz CT molecular complexity index is 333. The predicted molar refractivity (Wildman–Crippen MR) is 51.9 cm³/mol. The molecule has 0 spiro atoms. The first kappa shape index (κ1) is 9.24. The molecule has 0 unspecified atom stereocenters. The fourth-order valence-corrected chi connectivity index (χ4v) is 1.35. The second-order valence-electron chi connectivity index (χ2n) is 3.01. The highest BCUT2D eigenvalue weighted by Gasteiger charge is 2.12. The average molecular weight is 192 g/mol. The zero-order valence-electron chi connectivity index (χ0n) is 7.97. The first-order chi connectivity index (χ1) is 6.90. The van der Waals surface area contributed by atoms with Crippen molar-refractivity contribution in [3.8, 4) is 5.75 Å². The van der Waals surface area contributed by atoms with E-state index in [0.29, 0.717) is 6.61 Å². The first-order valence-corrected chi connectivity index (χ1v) is 4.49. The van der Waals surface area contributed by atoms with Gasteiger partial charge in [0.1, 0.15) is 18.5 Å². The highest BCUT2D eigenvalue weighted by molar-refractivity contribution is 5.31. The summed E-state index contributed by atoms with van der Waals surface area (Å²) < 4.78 is 5.13. The van der Waals surface area contributed by atoms with E-state index in [0.717, 1.165) is 11.3 Å². The molecule has 0 bridgehead atoms. The van der Waals surface area contributed by atoms with Crippen LogP contribution in [0.5, 0.6) is 5.75 Å². The standard InChI is InChI=1S/C11H12O3/c1-12-10-5-2-4-9(8-10)11-6-3-7-13-14-11/h2-6,8,11H,7H2,1H3/t11-/m0/s1. The van der Waals surface area contributed by atoms with Gasteiger partial charge in [0.2, 0.25) is 0 Å². The molecule has 1 aliphatic rings. The van der Waals surface area contributed by atoms with Crippen LogP contribution in [0.25, 0.3) is 0 Å². The van der Waals surface area contributed by atoms with Gasteiger partial charge in [0, 0.05) is 0 Å². The summed E-state index contributed by atoms with van der Waals surface area (Å²) in [6.45, 7) is 0.514. The lowest BCUT2D eigenvalue weighted by molar-refractivity contribution is -0.315. The number of rotatable bonds is 2. The smallest absolute Gasteiger partial charge is 0.136 e. The minimum absolute atomic E-state index is 0.126. The number of benzene rings is 1. The lowest BCUT2D eigenvalue weighted by atomic mass is 10.1. The molecule has 1 aromatic carbocycles. The minimum Gasteiger partial charge on any atom is -0.497 e. The molecule has 2 rings (SSSR count). The van der Waals surface area contributed by atoms with Crippen LogP contribution >= 0.6 is 0 Å². The fourth-order valence-electron chi connectivity index (χ4n) is 1.35. The van der Waals surface area contributed by atoms with E-state index < -0.39 is 0 Å². The zero-order chi connectivity index (χ0) is 9.80. The summed E-state index contributed by atoms with van der Waals surface area (Å²) >= 11 is 0. The molecule has 0 aromatic heterocycles. The Morgan fingerprint density at radius 3 is 3.07 bits per heavy atom. The van der Waals surface area contributed by atoms with Crippen LogP contribution < -0.4 is 4.74 Å². The molecule has 1 heterocycles. The van der Waals surface area contributed by atoms with Gasteiger partial charge in [-0.2, -0.15) is 0 Å². The van der Waals surface area contributed by atoms with Gasteiger partial charge in [-0.3, -0.25) is 0 Å². The number of hydrogen-bond acceptors (Lipinski definition) is 3. The van der Waals surface area contributed by atoms with Crippen LogP contribution in [0.4, 0.5) is 0 Å². The molecule has 0 amide bonds. The van der Waals surface area contributed by atoms with Crippen LogP contribution in [-0.2, 0) is 9.78 Å². The lowest BCUT2D eigenvalue weighted by Crippen LogP contribution is -2.07. The van der Waals surface area contributed by atoms with Crippen molar-refractivity contribution in [2.24, 2.45) is 0 Å². The molecule has 0 radical (unpaired) electrons. The molecule has 74 valence electrons. The summed E-state index contributed by atoms with van der Waals surface area (Å²) in [6, 6.07) is 7.74. The van der Waals surface area contributed by atoms with Crippen molar-refractivity contribution in [1.82, 2.24) is 0 Å². The summed E-state index contributed by atoms with van der Waals surface area (Å²) in [6.07, 6.45) is 3.78. The van der Waals surface area contributed by atoms with E-state index in [4.69, 9.17) is 14.5 Å². The van der Waals surface area contributed by atoms with Gasteiger partial charge in [0.15, 0.2) is 0 Å². The maximum absolute atomic E-state index is 5.13. The Balaban J connectivity index is 2.22. The molecular formula is C11H12O3. The van der Waals surface area contributed by atoms with Crippen molar-refractivity contribution < 1.29 is 14.5 Å². The monoisotopic (exact) mass is 192 g/mol. The minimum atomic E-state index is -0.126. The first-order valence-electron chi connectivity index (χ1n) is 4.49. The van der Waals surface area contributed by atoms with Gasteiger partial charge in [0.25, 0.3) is 0 Å². The lowest BCUT2D eigenvalue weighted by Gasteiger charge is -2.16. The van der Waals surface area contributed by atoms with E-state index in [-0.39, 0.29) is 6.10 Å². The topological polar surface area (TPSA) is 27.7 Å². The third-order valence-electron chi connectivity index (χ3n) is 2.07. The third kappa shape index (κ3) is 1.95. The van der Waals surface area contributed by atoms with Crippen molar-refractivity contribution in [3.63, 3.8) is 0 Å². The third-order valence-corrected chi connectivity index (χ3v) is 2.07. The Morgan fingerprint density at radius 1 is 1.43 bits per heavy atom. The van der Waals surface area contributed by atoms with Gasteiger partial charge in [0.05, 0.1) is 7.11 Å². The molecule has 0 fully saturated rings. The van der Waals surface area contributed by atoms with Crippen LogP contribution in [0.2, 0.25) is 0 Å². The van der Waals surface area contributed by atoms with Gasteiger partial charge in [-0.1, -0.05) is 18.2 Å². The number of methoxy groups -OCH3 is 1. The van der Waals surface area contributed by atoms with E-state index in [1.165, 1.54) is 0 Å². The summed E-state index contributed by atoms with van der Waals surface area (Å²) in [5.41, 5.74) is 1.03. The Kier molecular flexibility index (Phi) is 2.81. The largest absolute Gasteiger partial charge is 0.497 e. The van der Waals surface area contributed by atoms with Crippen LogP contribution in [0.15, 0.2) is 36.4 Å². The molecule has 0 saturated carbocycles. The van der Waals surface area contributed by atoms with Crippen molar-refractivity contribution in [2.75, 3.05) is 13.7 Å². The van der Waals surface area contributed by atoms with Gasteiger partial charge in [-0.25, -0.2) is 9.78 Å². The normalized spacial score (nSPS) is 20.8. The van der Waals surface area contributed by atoms with Crippen LogP contribution in [0, 0.1) is 0 Å². The van der Waals surface area contributed by atoms with E-state index in [9.17, 15) is 0 Å². The van der Waals surface area contributed by atoms with Gasteiger partial charge in [-0.15, -0.1) is 0 Å². The molecule has 0 N–H and O–H groups in total. The predicted octanol–water partition coefficient (Wildman–Crippen LogP) is 2.25. The zero-order valence-corrected chi connectivity index (χ0v) is 7.97. The highest BCUT2D eigenvalue weighted by atomic mass is 17.2. The molecule has 1 aromatic rings. The van der Waals surface area contributed by atoms with E-state index in [1.807, 2.05) is 36.4 Å². The fraction of sp³-hybridized carbons (Fsp3) is 0.273. The summed E-state index contributed by atoms with van der Waals surface area (Å²) in [7, 11) is 1.65. The van der Waals surface area contributed by atoms with Gasteiger partial charge >= 0.3 is 0 Å². The number of ether oxygens (including phenoxy) is 1. The van der Waals surface area contributed by atoms with Crippen molar-refractivity contribution in [2.45, 2.75) is 6.10 Å². The summed E-state index contributed by atoms with van der Waals surface area (Å²) in [5.74, 6) is 0.824. The maximum Gasteiger partial charge on any atom is 0.136 e. The van der Waals surface area contributed by atoms with E-state index >= 15 is 0 Å². The summed E-state index contributed by atoms with van der Waals surface area (Å²) in [4.78, 5) is 10.0. The second kappa shape index (κ2) is 4.26. The molecule has 0 aliphatic carbocycles. The molecule has 1 atom stereocenters.